The third-order valence-electron chi connectivity index (χ3n) is 3.86. The summed E-state index contributed by atoms with van der Waals surface area (Å²) < 4.78 is 0. The lowest BCUT2D eigenvalue weighted by atomic mass is 9.78. The molecule has 2 atom stereocenters. The molecule has 1 saturated heterocycles. The molecule has 18 heavy (non-hydrogen) atoms. The van der Waals surface area contributed by atoms with E-state index in [4.69, 9.17) is 5.11 Å². The molecule has 2 rings (SSSR count). The maximum Gasteiger partial charge on any atom is 0.341 e. The Labute approximate surface area is 106 Å². The number of piperidine rings is 1. The van der Waals surface area contributed by atoms with Gasteiger partial charge in [-0.3, -0.25) is 4.84 Å². The van der Waals surface area contributed by atoms with E-state index in [1.807, 2.05) is 4.90 Å². The van der Waals surface area contributed by atoms with Gasteiger partial charge in [0.1, 0.15) is 0 Å². The van der Waals surface area contributed by atoms with Gasteiger partial charge in [0.15, 0.2) is 6.61 Å². The van der Waals surface area contributed by atoms with Crippen LogP contribution in [0.15, 0.2) is 0 Å². The molecule has 1 aliphatic heterocycles. The largest absolute Gasteiger partial charge is 0.479 e. The minimum atomic E-state index is -1.09. The van der Waals surface area contributed by atoms with Crippen molar-refractivity contribution in [3.63, 3.8) is 0 Å². The van der Waals surface area contributed by atoms with Crippen molar-refractivity contribution in [2.45, 2.75) is 44.6 Å². The van der Waals surface area contributed by atoms with Crippen LogP contribution in [0.2, 0.25) is 0 Å². The van der Waals surface area contributed by atoms with Crippen molar-refractivity contribution >= 4 is 12.0 Å². The lowest BCUT2D eigenvalue weighted by Crippen LogP contribution is -2.53. The van der Waals surface area contributed by atoms with E-state index in [2.05, 4.69) is 10.3 Å². The molecule has 0 aromatic rings. The maximum atomic E-state index is 11.9. The monoisotopic (exact) mass is 256 g/mol. The number of carboxylic acids is 1. The molecule has 2 amide bonds. The van der Waals surface area contributed by atoms with Crippen molar-refractivity contribution in [3.05, 3.63) is 0 Å². The molecule has 0 aromatic carbocycles. The fourth-order valence-corrected chi connectivity index (χ4v) is 3.10. The third kappa shape index (κ3) is 3.13. The van der Waals surface area contributed by atoms with Gasteiger partial charge in [0.25, 0.3) is 0 Å². The molecule has 1 saturated carbocycles. The summed E-state index contributed by atoms with van der Waals surface area (Å²) in [5.74, 6) is -0.484. The molecule has 102 valence electrons. The zero-order valence-corrected chi connectivity index (χ0v) is 10.4. The zero-order chi connectivity index (χ0) is 13.0. The van der Waals surface area contributed by atoms with E-state index < -0.39 is 12.6 Å². The van der Waals surface area contributed by atoms with Crippen LogP contribution in [0.25, 0.3) is 0 Å². The molecule has 1 aliphatic carbocycles. The summed E-state index contributed by atoms with van der Waals surface area (Å²) in [6, 6.07) is 0.00813. The third-order valence-corrected chi connectivity index (χ3v) is 3.86. The van der Waals surface area contributed by atoms with Gasteiger partial charge in [-0.2, -0.15) is 0 Å². The van der Waals surface area contributed by atoms with Crippen molar-refractivity contribution in [2.24, 2.45) is 5.92 Å². The first kappa shape index (κ1) is 13.1. The number of nitrogens with zero attached hydrogens (tertiary/aromatic N) is 1. The second kappa shape index (κ2) is 6.04. The summed E-state index contributed by atoms with van der Waals surface area (Å²) in [5.41, 5.74) is 2.22. The number of likely N-dealkylation sites (tertiary alicyclic amines) is 1. The van der Waals surface area contributed by atoms with E-state index in [1.54, 1.807) is 0 Å². The van der Waals surface area contributed by atoms with E-state index in [0.29, 0.717) is 12.0 Å². The average Bonchev–Trinajstić information content (AvgIpc) is 2.37. The normalized spacial score (nSPS) is 27.4. The molecular weight excluding hydrogens is 236 g/mol. The van der Waals surface area contributed by atoms with Crippen molar-refractivity contribution in [1.82, 2.24) is 10.4 Å². The number of hydroxylamine groups is 1. The number of hydrogen-bond donors (Lipinski definition) is 2. The Balaban J connectivity index is 1.85. The Hall–Kier alpha value is -1.30. The van der Waals surface area contributed by atoms with Crippen LogP contribution in [0.5, 0.6) is 0 Å². The van der Waals surface area contributed by atoms with Crippen molar-refractivity contribution in [2.75, 3.05) is 13.2 Å². The summed E-state index contributed by atoms with van der Waals surface area (Å²) in [6.07, 6.45) is 6.90. The predicted octanol–water partition coefficient (Wildman–Crippen LogP) is 1.37. The summed E-state index contributed by atoms with van der Waals surface area (Å²) in [7, 11) is 0. The van der Waals surface area contributed by atoms with Gasteiger partial charge < -0.3 is 10.0 Å². The molecule has 6 nitrogen and oxygen atoms in total. The topological polar surface area (TPSA) is 78.9 Å². The molecule has 2 unspecified atom stereocenters. The number of hydrogen-bond acceptors (Lipinski definition) is 3. The highest BCUT2D eigenvalue weighted by Crippen LogP contribution is 2.35. The number of rotatable bonds is 3. The highest BCUT2D eigenvalue weighted by Gasteiger charge is 2.35. The first-order valence-corrected chi connectivity index (χ1v) is 6.58. The smallest absolute Gasteiger partial charge is 0.341 e. The van der Waals surface area contributed by atoms with Gasteiger partial charge in [0, 0.05) is 12.6 Å². The standard InChI is InChI=1S/C12H20N2O4/c15-11(16)8-18-13-12(17)14-7-3-5-9-4-1-2-6-10(9)14/h9-10H,1-8H2,(H,13,17)(H,15,16). The number of urea groups is 1. The van der Waals surface area contributed by atoms with Gasteiger partial charge in [0.2, 0.25) is 0 Å². The number of carboxylic acid groups (broad SMARTS) is 1. The maximum absolute atomic E-state index is 11.9. The van der Waals surface area contributed by atoms with Crippen LogP contribution in [0.1, 0.15) is 38.5 Å². The van der Waals surface area contributed by atoms with Gasteiger partial charge in [-0.25, -0.2) is 15.1 Å². The van der Waals surface area contributed by atoms with Crippen LogP contribution in [0.4, 0.5) is 4.79 Å². The number of amides is 2. The van der Waals surface area contributed by atoms with E-state index >= 15 is 0 Å². The Morgan fingerprint density at radius 3 is 2.72 bits per heavy atom. The molecule has 2 N–H and O–H groups in total. The van der Waals surface area contributed by atoms with Gasteiger partial charge >= 0.3 is 12.0 Å². The predicted molar refractivity (Wildman–Crippen MR) is 63.8 cm³/mol. The highest BCUT2D eigenvalue weighted by molar-refractivity contribution is 5.74. The number of nitrogens with one attached hydrogen (secondary N) is 1. The molecule has 0 aromatic heterocycles. The number of aliphatic carboxylic acids is 1. The van der Waals surface area contributed by atoms with E-state index in [1.165, 1.54) is 25.7 Å². The molecule has 0 radical (unpaired) electrons. The summed E-state index contributed by atoms with van der Waals surface area (Å²) in [4.78, 5) is 28.7. The Kier molecular flexibility index (Phi) is 4.41. The SMILES string of the molecule is O=C(O)CONC(=O)N1CCCC2CCCCC21. The minimum Gasteiger partial charge on any atom is -0.479 e. The molecule has 6 heteroatoms. The van der Waals surface area contributed by atoms with E-state index in [0.717, 1.165) is 19.4 Å². The number of fused-ring (bicyclic) bond motifs is 1. The summed E-state index contributed by atoms with van der Waals surface area (Å²) in [5, 5.41) is 8.43. The molecule has 0 bridgehead atoms. The van der Waals surface area contributed by atoms with Crippen LogP contribution < -0.4 is 5.48 Å². The number of carbonyl (C=O) groups excluding carboxylic acids is 1. The zero-order valence-electron chi connectivity index (χ0n) is 10.4. The molecule has 1 heterocycles. The molecule has 0 spiro atoms. The Bertz CT molecular complexity index is 319. The quantitative estimate of drug-likeness (QED) is 0.747. The molecule has 2 fully saturated rings. The van der Waals surface area contributed by atoms with Crippen molar-refractivity contribution in [1.29, 1.82) is 0 Å². The first-order chi connectivity index (χ1) is 8.68. The van der Waals surface area contributed by atoms with E-state index in [-0.39, 0.29) is 6.03 Å². The Morgan fingerprint density at radius 1 is 1.22 bits per heavy atom. The molecular formula is C12H20N2O4. The minimum absolute atomic E-state index is 0.298. The fourth-order valence-electron chi connectivity index (χ4n) is 3.10. The molecule has 2 aliphatic rings. The van der Waals surface area contributed by atoms with Crippen LogP contribution in [0.3, 0.4) is 0 Å². The lowest BCUT2D eigenvalue weighted by molar-refractivity contribution is -0.144. The van der Waals surface area contributed by atoms with Gasteiger partial charge in [-0.05, 0) is 31.6 Å². The van der Waals surface area contributed by atoms with Gasteiger partial charge in [-0.1, -0.05) is 12.8 Å². The summed E-state index contributed by atoms with van der Waals surface area (Å²) >= 11 is 0. The van der Waals surface area contributed by atoms with Crippen LogP contribution in [-0.4, -0.2) is 41.2 Å². The Morgan fingerprint density at radius 2 is 1.94 bits per heavy atom. The average molecular weight is 256 g/mol. The van der Waals surface area contributed by atoms with E-state index in [9.17, 15) is 9.59 Å². The second-order valence-electron chi connectivity index (χ2n) is 5.04. The van der Waals surface area contributed by atoms with Crippen molar-refractivity contribution in [3.8, 4) is 0 Å². The fraction of sp³-hybridized carbons (Fsp3) is 0.833. The summed E-state index contributed by atoms with van der Waals surface area (Å²) in [6.45, 7) is 0.233. The van der Waals surface area contributed by atoms with Crippen LogP contribution in [-0.2, 0) is 9.63 Å². The first-order valence-electron chi connectivity index (χ1n) is 6.58. The second-order valence-corrected chi connectivity index (χ2v) is 5.04. The van der Waals surface area contributed by atoms with Crippen LogP contribution >= 0.6 is 0 Å². The highest BCUT2D eigenvalue weighted by atomic mass is 16.7. The van der Waals surface area contributed by atoms with Gasteiger partial charge in [0.05, 0.1) is 0 Å². The van der Waals surface area contributed by atoms with Crippen LogP contribution in [0, 0.1) is 5.92 Å². The number of carbonyl (C=O) groups is 2. The van der Waals surface area contributed by atoms with Gasteiger partial charge in [-0.15, -0.1) is 0 Å². The van der Waals surface area contributed by atoms with Crippen molar-refractivity contribution < 1.29 is 19.5 Å². The lowest BCUT2D eigenvalue weighted by Gasteiger charge is -2.43.